The largest absolute Gasteiger partial charge is 0.125 e. The maximum Gasteiger partial charge on any atom is 0.125 e. The van der Waals surface area contributed by atoms with Crippen LogP contribution in [0.4, 0.5) is 0 Å². The fraction of sp³-hybridized carbons (Fsp3) is 1.00. The first kappa shape index (κ1) is 10.6. The van der Waals surface area contributed by atoms with Crippen LogP contribution in [0.1, 0.15) is 34.6 Å². The van der Waals surface area contributed by atoms with Gasteiger partial charge in [0.15, 0.2) is 0 Å². The maximum absolute atomic E-state index is 6.11. The Kier molecular flexibility index (Phi) is 3.07. The Hall–Kier alpha value is 0.580. The second-order valence-electron chi connectivity index (χ2n) is 4.03. The highest BCUT2D eigenvalue weighted by molar-refractivity contribution is 6.49. The number of hydrogen-bond acceptors (Lipinski definition) is 0. The van der Waals surface area contributed by atoms with Crippen molar-refractivity contribution in [1.82, 2.24) is 0 Å². The molecule has 0 aromatic heterocycles. The first-order valence-electron chi connectivity index (χ1n) is 3.57. The molecule has 0 aromatic carbocycles. The third-order valence-corrected chi connectivity index (χ3v) is 3.73. The summed E-state index contributed by atoms with van der Waals surface area (Å²) in [4.78, 5) is 0. The molecule has 0 N–H and O–H groups in total. The Labute approximate surface area is 73.9 Å². The van der Waals surface area contributed by atoms with Gasteiger partial charge in [0.1, 0.15) is 4.33 Å². The second kappa shape index (κ2) is 2.91. The topological polar surface area (TPSA) is 0 Å². The highest BCUT2D eigenvalue weighted by Crippen LogP contribution is 2.45. The zero-order chi connectivity index (χ0) is 8.58. The lowest BCUT2D eigenvalue weighted by atomic mass is 9.85. The van der Waals surface area contributed by atoms with E-state index >= 15 is 0 Å². The first-order valence-corrected chi connectivity index (χ1v) is 4.33. The Balaban J connectivity index is 4.40. The standard InChI is InChI=1S/C8H16Cl2/c1-6(2)8(9,10)7(3,4)5/h6H,1-5H3. The van der Waals surface area contributed by atoms with Crippen LogP contribution in [0.2, 0.25) is 0 Å². The van der Waals surface area contributed by atoms with E-state index in [4.69, 9.17) is 23.2 Å². The maximum atomic E-state index is 6.11. The molecule has 10 heavy (non-hydrogen) atoms. The second-order valence-corrected chi connectivity index (χ2v) is 5.41. The fourth-order valence-electron chi connectivity index (χ4n) is 0.866. The highest BCUT2D eigenvalue weighted by atomic mass is 35.5. The van der Waals surface area contributed by atoms with E-state index in [9.17, 15) is 0 Å². The lowest BCUT2D eigenvalue weighted by Gasteiger charge is -2.37. The molecule has 0 radical (unpaired) electrons. The molecule has 0 aliphatic carbocycles. The van der Waals surface area contributed by atoms with Crippen molar-refractivity contribution in [2.24, 2.45) is 11.3 Å². The Morgan fingerprint density at radius 2 is 1.30 bits per heavy atom. The molecule has 0 saturated heterocycles. The van der Waals surface area contributed by atoms with Gasteiger partial charge < -0.3 is 0 Å². The van der Waals surface area contributed by atoms with Crippen LogP contribution in [0.3, 0.4) is 0 Å². The molecule has 0 heterocycles. The molecule has 0 unspecified atom stereocenters. The normalized spacial score (nSPS) is 14.4. The van der Waals surface area contributed by atoms with Crippen LogP contribution in [0.25, 0.3) is 0 Å². The van der Waals surface area contributed by atoms with E-state index in [2.05, 4.69) is 0 Å². The van der Waals surface area contributed by atoms with Crippen molar-refractivity contribution in [3.63, 3.8) is 0 Å². The molecular formula is C8H16Cl2. The third kappa shape index (κ3) is 2.03. The first-order chi connectivity index (χ1) is 4.19. The molecule has 0 nitrogen and oxygen atoms in total. The van der Waals surface area contributed by atoms with Crippen molar-refractivity contribution >= 4 is 23.2 Å². The molecule has 0 atom stereocenters. The number of rotatable bonds is 1. The smallest absolute Gasteiger partial charge is 0.101 e. The van der Waals surface area contributed by atoms with E-state index in [-0.39, 0.29) is 11.3 Å². The van der Waals surface area contributed by atoms with Gasteiger partial charge in [-0.05, 0) is 11.3 Å². The van der Waals surface area contributed by atoms with Crippen LogP contribution in [0.5, 0.6) is 0 Å². The van der Waals surface area contributed by atoms with Crippen LogP contribution < -0.4 is 0 Å². The summed E-state index contributed by atoms with van der Waals surface area (Å²) in [5.74, 6) is 0.288. The summed E-state index contributed by atoms with van der Waals surface area (Å²) >= 11 is 12.2. The summed E-state index contributed by atoms with van der Waals surface area (Å²) in [5.41, 5.74) is -0.0513. The van der Waals surface area contributed by atoms with Gasteiger partial charge in [0.2, 0.25) is 0 Å². The number of halogens is 2. The molecule has 0 aliphatic heterocycles. The molecule has 62 valence electrons. The molecule has 0 fully saturated rings. The van der Waals surface area contributed by atoms with E-state index in [1.165, 1.54) is 0 Å². The number of hydrogen-bond donors (Lipinski definition) is 0. The molecule has 0 saturated carbocycles. The highest BCUT2D eigenvalue weighted by Gasteiger charge is 2.40. The summed E-state index contributed by atoms with van der Waals surface area (Å²) in [7, 11) is 0. The van der Waals surface area contributed by atoms with Crippen molar-refractivity contribution in [1.29, 1.82) is 0 Å². The lowest BCUT2D eigenvalue weighted by molar-refractivity contribution is 0.292. The molecule has 0 spiro atoms. The molecule has 0 bridgehead atoms. The predicted molar refractivity (Wildman–Crippen MR) is 48.7 cm³/mol. The van der Waals surface area contributed by atoms with Gasteiger partial charge in [-0.1, -0.05) is 34.6 Å². The number of alkyl halides is 2. The zero-order valence-electron chi connectivity index (χ0n) is 7.33. The van der Waals surface area contributed by atoms with Crippen molar-refractivity contribution in [3.05, 3.63) is 0 Å². The molecule has 2 heteroatoms. The summed E-state index contributed by atoms with van der Waals surface area (Å²) in [6, 6.07) is 0. The van der Waals surface area contributed by atoms with Crippen LogP contribution in [-0.4, -0.2) is 4.33 Å². The molecule has 0 rings (SSSR count). The quantitative estimate of drug-likeness (QED) is 0.541. The fourth-order valence-corrected chi connectivity index (χ4v) is 0.866. The Morgan fingerprint density at radius 3 is 1.30 bits per heavy atom. The van der Waals surface area contributed by atoms with Crippen LogP contribution in [-0.2, 0) is 0 Å². The summed E-state index contributed by atoms with van der Waals surface area (Å²) in [5, 5.41) is 0. The van der Waals surface area contributed by atoms with Gasteiger partial charge in [0, 0.05) is 0 Å². The van der Waals surface area contributed by atoms with Gasteiger partial charge >= 0.3 is 0 Å². The minimum atomic E-state index is -0.618. The predicted octanol–water partition coefficient (Wildman–Crippen LogP) is 3.86. The SMILES string of the molecule is CC(C)C(Cl)(Cl)C(C)(C)C. The Bertz CT molecular complexity index is 109. The zero-order valence-corrected chi connectivity index (χ0v) is 8.85. The van der Waals surface area contributed by atoms with E-state index in [1.54, 1.807) is 0 Å². The van der Waals surface area contributed by atoms with E-state index in [1.807, 2.05) is 34.6 Å². The van der Waals surface area contributed by atoms with E-state index in [0.29, 0.717) is 0 Å². The average molecular weight is 183 g/mol. The van der Waals surface area contributed by atoms with Crippen molar-refractivity contribution in [2.45, 2.75) is 39.0 Å². The lowest BCUT2D eigenvalue weighted by Crippen LogP contribution is -2.36. The van der Waals surface area contributed by atoms with Gasteiger partial charge in [-0.25, -0.2) is 0 Å². The minimum Gasteiger partial charge on any atom is -0.101 e. The average Bonchev–Trinajstić information content (AvgIpc) is 1.62. The van der Waals surface area contributed by atoms with E-state index in [0.717, 1.165) is 0 Å². The summed E-state index contributed by atoms with van der Waals surface area (Å²) < 4.78 is -0.618. The summed E-state index contributed by atoms with van der Waals surface area (Å²) in [6.07, 6.45) is 0. The molecular weight excluding hydrogens is 167 g/mol. The monoisotopic (exact) mass is 182 g/mol. The van der Waals surface area contributed by atoms with Crippen molar-refractivity contribution < 1.29 is 0 Å². The van der Waals surface area contributed by atoms with E-state index < -0.39 is 4.33 Å². The molecule has 0 aromatic rings. The van der Waals surface area contributed by atoms with Crippen LogP contribution in [0, 0.1) is 11.3 Å². The van der Waals surface area contributed by atoms with Gasteiger partial charge in [-0.15, -0.1) is 23.2 Å². The third-order valence-electron chi connectivity index (χ3n) is 1.73. The molecule has 0 aliphatic rings. The van der Waals surface area contributed by atoms with Gasteiger partial charge in [0.05, 0.1) is 0 Å². The van der Waals surface area contributed by atoms with Crippen molar-refractivity contribution in [3.8, 4) is 0 Å². The van der Waals surface area contributed by atoms with Crippen LogP contribution in [0.15, 0.2) is 0 Å². The summed E-state index contributed by atoms with van der Waals surface area (Å²) in [6.45, 7) is 10.2. The van der Waals surface area contributed by atoms with Gasteiger partial charge in [-0.2, -0.15) is 0 Å². The van der Waals surface area contributed by atoms with Gasteiger partial charge in [0.25, 0.3) is 0 Å². The Morgan fingerprint density at radius 1 is 1.00 bits per heavy atom. The van der Waals surface area contributed by atoms with Gasteiger partial charge in [-0.3, -0.25) is 0 Å². The van der Waals surface area contributed by atoms with Crippen LogP contribution >= 0.6 is 23.2 Å². The minimum absolute atomic E-state index is 0.0513. The molecule has 0 amide bonds. The van der Waals surface area contributed by atoms with Crippen molar-refractivity contribution in [2.75, 3.05) is 0 Å².